The lowest BCUT2D eigenvalue weighted by Gasteiger charge is -2.13. The molecule has 4 rings (SSSR count). The second kappa shape index (κ2) is 8.57. The summed E-state index contributed by atoms with van der Waals surface area (Å²) >= 11 is 0. The second-order valence-corrected chi connectivity index (χ2v) is 9.31. The summed E-state index contributed by atoms with van der Waals surface area (Å²) in [6.45, 7) is 8.43. The minimum absolute atomic E-state index is 0.0394. The average molecular weight is 433 g/mol. The van der Waals surface area contributed by atoms with E-state index in [-0.39, 0.29) is 29.0 Å². The molecule has 7 nitrogen and oxygen atoms in total. The molecule has 1 saturated carbocycles. The van der Waals surface area contributed by atoms with Crippen molar-refractivity contribution in [3.8, 4) is 11.1 Å². The van der Waals surface area contributed by atoms with Crippen LogP contribution < -0.4 is 10.6 Å². The summed E-state index contributed by atoms with van der Waals surface area (Å²) in [5, 5.41) is 5.76. The number of carbonyl (C=O) groups excluding carboxylic acids is 2. The minimum Gasteiger partial charge on any atom is -0.441 e. The molecule has 32 heavy (non-hydrogen) atoms. The normalized spacial score (nSPS) is 13.6. The molecule has 0 unspecified atom stereocenters. The molecule has 1 aliphatic carbocycles. The van der Waals surface area contributed by atoms with Crippen LogP contribution >= 0.6 is 0 Å². The first kappa shape index (κ1) is 21.7. The Morgan fingerprint density at radius 1 is 1.12 bits per heavy atom. The maximum atomic E-state index is 12.4. The van der Waals surface area contributed by atoms with Gasteiger partial charge in [-0.2, -0.15) is 0 Å². The first-order valence-electron chi connectivity index (χ1n) is 10.8. The molecule has 2 amide bonds. The van der Waals surface area contributed by atoms with Crippen LogP contribution in [0.2, 0.25) is 0 Å². The molecule has 2 N–H and O–H groups in total. The first-order valence-corrected chi connectivity index (χ1v) is 10.8. The number of pyridine rings is 1. The van der Waals surface area contributed by atoms with Crippen molar-refractivity contribution in [3.05, 3.63) is 65.5 Å². The van der Waals surface area contributed by atoms with E-state index in [2.05, 4.69) is 26.7 Å². The number of benzene rings is 1. The molecule has 0 atom stereocenters. The molecule has 1 aliphatic rings. The van der Waals surface area contributed by atoms with Gasteiger partial charge in [-0.05, 0) is 54.2 Å². The Labute approximate surface area is 187 Å². The number of anilines is 1. The van der Waals surface area contributed by atoms with Gasteiger partial charge < -0.3 is 15.1 Å². The lowest BCUT2D eigenvalue weighted by Crippen LogP contribution is -2.24. The van der Waals surface area contributed by atoms with Gasteiger partial charge in [0, 0.05) is 24.1 Å². The van der Waals surface area contributed by atoms with Crippen molar-refractivity contribution in [2.24, 2.45) is 5.92 Å². The first-order chi connectivity index (χ1) is 15.2. The van der Waals surface area contributed by atoms with Crippen molar-refractivity contribution in [1.29, 1.82) is 0 Å². The predicted molar refractivity (Wildman–Crippen MR) is 122 cm³/mol. The third-order valence-electron chi connectivity index (χ3n) is 5.54. The van der Waals surface area contributed by atoms with Gasteiger partial charge in [0.1, 0.15) is 12.1 Å². The van der Waals surface area contributed by atoms with Gasteiger partial charge in [-0.1, -0.05) is 39.0 Å². The van der Waals surface area contributed by atoms with E-state index < -0.39 is 0 Å². The number of carbonyl (C=O) groups is 2. The van der Waals surface area contributed by atoms with Crippen LogP contribution in [0, 0.1) is 12.8 Å². The Kier molecular flexibility index (Phi) is 5.82. The van der Waals surface area contributed by atoms with Crippen molar-refractivity contribution in [2.75, 3.05) is 5.32 Å². The summed E-state index contributed by atoms with van der Waals surface area (Å²) in [7, 11) is 0. The number of hydrogen-bond donors (Lipinski definition) is 2. The molecule has 0 spiro atoms. The Morgan fingerprint density at radius 2 is 1.88 bits per heavy atom. The fourth-order valence-corrected chi connectivity index (χ4v) is 3.30. The molecule has 166 valence electrons. The molecule has 2 heterocycles. The Hall–Kier alpha value is -3.48. The number of rotatable bonds is 6. The number of nitrogens with one attached hydrogen (secondary N) is 2. The van der Waals surface area contributed by atoms with Gasteiger partial charge in [0.05, 0.1) is 5.69 Å². The molecular weight excluding hydrogens is 404 g/mol. The zero-order valence-electron chi connectivity index (χ0n) is 18.9. The van der Waals surface area contributed by atoms with E-state index in [0.717, 1.165) is 40.8 Å². The van der Waals surface area contributed by atoms with Crippen LogP contribution in [0.1, 0.15) is 61.1 Å². The lowest BCUT2D eigenvalue weighted by atomic mass is 9.93. The maximum Gasteiger partial charge on any atom is 0.307 e. The van der Waals surface area contributed by atoms with Crippen molar-refractivity contribution < 1.29 is 14.0 Å². The standard InChI is InChI=1S/C25H28N4O3/c1-15-11-17(18-9-10-26-21(12-18)29-22(30)16-5-6-16)7-8-19(15)13-27-23(31)24-28-20(14-32-24)25(2,3)4/h7-12,14,16H,5-6,13H2,1-4H3,(H,27,31)(H,26,29,30). The summed E-state index contributed by atoms with van der Waals surface area (Å²) in [5.74, 6) is 0.469. The van der Waals surface area contributed by atoms with Gasteiger partial charge in [-0.15, -0.1) is 0 Å². The van der Waals surface area contributed by atoms with E-state index in [4.69, 9.17) is 4.42 Å². The van der Waals surface area contributed by atoms with Crippen molar-refractivity contribution in [3.63, 3.8) is 0 Å². The summed E-state index contributed by atoms with van der Waals surface area (Å²) in [5.41, 5.74) is 4.60. The average Bonchev–Trinajstić information content (AvgIpc) is 3.48. The zero-order valence-corrected chi connectivity index (χ0v) is 18.9. The van der Waals surface area contributed by atoms with E-state index >= 15 is 0 Å². The Morgan fingerprint density at radius 3 is 2.53 bits per heavy atom. The number of aromatic nitrogens is 2. The van der Waals surface area contributed by atoms with Crippen LogP contribution in [0.5, 0.6) is 0 Å². The van der Waals surface area contributed by atoms with E-state index in [9.17, 15) is 9.59 Å². The van der Waals surface area contributed by atoms with Crippen LogP contribution in [0.15, 0.2) is 47.2 Å². The van der Waals surface area contributed by atoms with Gasteiger partial charge in [-0.25, -0.2) is 9.97 Å². The van der Waals surface area contributed by atoms with Crippen LogP contribution in [0.25, 0.3) is 11.1 Å². The van der Waals surface area contributed by atoms with E-state index in [1.54, 1.807) is 6.20 Å². The number of aryl methyl sites for hydroxylation is 1. The van der Waals surface area contributed by atoms with Crippen LogP contribution in [0.3, 0.4) is 0 Å². The smallest absolute Gasteiger partial charge is 0.307 e. The summed E-state index contributed by atoms with van der Waals surface area (Å²) in [4.78, 5) is 33.0. The van der Waals surface area contributed by atoms with Crippen LogP contribution in [0.4, 0.5) is 5.82 Å². The van der Waals surface area contributed by atoms with Gasteiger partial charge in [-0.3, -0.25) is 9.59 Å². The molecule has 0 radical (unpaired) electrons. The SMILES string of the molecule is Cc1cc(-c2ccnc(NC(=O)C3CC3)c2)ccc1CNC(=O)c1nc(C(C)(C)C)co1. The minimum atomic E-state index is -0.339. The number of amides is 2. The van der Waals surface area contributed by atoms with E-state index in [1.807, 2.05) is 52.0 Å². The highest BCUT2D eigenvalue weighted by atomic mass is 16.4. The highest BCUT2D eigenvalue weighted by molar-refractivity contribution is 5.93. The zero-order chi connectivity index (χ0) is 22.9. The van der Waals surface area contributed by atoms with E-state index in [1.165, 1.54) is 6.26 Å². The fourth-order valence-electron chi connectivity index (χ4n) is 3.30. The number of nitrogens with zero attached hydrogens (tertiary/aromatic N) is 2. The molecule has 0 aliphatic heterocycles. The summed E-state index contributed by atoms with van der Waals surface area (Å²) in [6, 6.07) is 9.85. The van der Waals surface area contributed by atoms with Gasteiger partial charge in [0.15, 0.2) is 0 Å². The second-order valence-electron chi connectivity index (χ2n) is 9.31. The Bertz CT molecular complexity index is 1160. The molecule has 2 aromatic heterocycles. The lowest BCUT2D eigenvalue weighted by molar-refractivity contribution is -0.117. The fraction of sp³-hybridized carbons (Fsp3) is 0.360. The van der Waals surface area contributed by atoms with Crippen molar-refractivity contribution >= 4 is 17.6 Å². The highest BCUT2D eigenvalue weighted by Crippen LogP contribution is 2.30. The van der Waals surface area contributed by atoms with Crippen LogP contribution in [-0.4, -0.2) is 21.8 Å². The monoisotopic (exact) mass is 432 g/mol. The largest absolute Gasteiger partial charge is 0.441 e. The Balaban J connectivity index is 1.41. The third kappa shape index (κ3) is 5.04. The summed E-state index contributed by atoms with van der Waals surface area (Å²) < 4.78 is 5.35. The molecule has 1 fully saturated rings. The molecule has 0 saturated heterocycles. The van der Waals surface area contributed by atoms with Gasteiger partial charge >= 0.3 is 5.91 Å². The third-order valence-corrected chi connectivity index (χ3v) is 5.54. The van der Waals surface area contributed by atoms with Gasteiger partial charge in [0.25, 0.3) is 5.89 Å². The van der Waals surface area contributed by atoms with E-state index in [0.29, 0.717) is 12.4 Å². The maximum absolute atomic E-state index is 12.4. The van der Waals surface area contributed by atoms with Crippen molar-refractivity contribution in [2.45, 2.75) is 52.5 Å². The molecule has 0 bridgehead atoms. The molecule has 7 heteroatoms. The van der Waals surface area contributed by atoms with Crippen LogP contribution in [-0.2, 0) is 16.8 Å². The topological polar surface area (TPSA) is 97.1 Å². The molecule has 1 aromatic carbocycles. The molecular formula is C25H28N4O3. The van der Waals surface area contributed by atoms with Gasteiger partial charge in [0.2, 0.25) is 5.91 Å². The quantitative estimate of drug-likeness (QED) is 0.592. The summed E-state index contributed by atoms with van der Waals surface area (Å²) in [6.07, 6.45) is 5.14. The van der Waals surface area contributed by atoms with Crippen molar-refractivity contribution in [1.82, 2.24) is 15.3 Å². The predicted octanol–water partition coefficient (Wildman–Crippen LogP) is 4.62. The molecule has 3 aromatic rings. The highest BCUT2D eigenvalue weighted by Gasteiger charge is 2.29. The number of oxazole rings is 1. The number of hydrogen-bond acceptors (Lipinski definition) is 5.